The molecule has 0 aliphatic carbocycles. The van der Waals surface area contributed by atoms with Crippen molar-refractivity contribution in [2.24, 2.45) is 0 Å². The topological polar surface area (TPSA) is 43.4 Å². The first-order valence-electron chi connectivity index (χ1n) is 10.7. The predicted molar refractivity (Wildman–Crippen MR) is 129 cm³/mol. The van der Waals surface area contributed by atoms with Crippen LogP contribution < -0.4 is 10.2 Å². The third-order valence-electron chi connectivity index (χ3n) is 4.65. The number of hydrogen-bond donors (Lipinski definition) is 0. The smallest absolute Gasteiger partial charge is 0.494 e. The summed E-state index contributed by atoms with van der Waals surface area (Å²) in [6.07, 6.45) is 1.52. The number of carbonyl (C=O) groups is 1. The van der Waals surface area contributed by atoms with Gasteiger partial charge in [-0.05, 0) is 54.7 Å². The van der Waals surface area contributed by atoms with E-state index in [0.29, 0.717) is 17.9 Å². The average molecular weight is 562 g/mol. The highest BCUT2D eigenvalue weighted by Gasteiger charge is 2.37. The molecule has 0 saturated heterocycles. The van der Waals surface area contributed by atoms with Gasteiger partial charge in [0, 0.05) is 11.1 Å². The van der Waals surface area contributed by atoms with Crippen LogP contribution in [0.4, 0.5) is 34.9 Å². The van der Waals surface area contributed by atoms with Gasteiger partial charge in [0.15, 0.2) is 38.4 Å². The Morgan fingerprint density at radius 1 is 0.842 bits per heavy atom. The second-order valence-electron chi connectivity index (χ2n) is 7.68. The number of hydrogen-bond acceptors (Lipinski definition) is 3. The zero-order valence-corrected chi connectivity index (χ0v) is 20.7. The number of ether oxygens (including phenoxy) is 1. The third kappa shape index (κ3) is 8.18. The summed E-state index contributed by atoms with van der Waals surface area (Å²) in [7, 11) is -2.54. The highest BCUT2D eigenvalue weighted by Crippen LogP contribution is 2.21. The maximum absolute atomic E-state index is 12.5. The lowest BCUT2D eigenvalue weighted by Gasteiger charge is -2.17. The molecule has 202 valence electrons. The van der Waals surface area contributed by atoms with Gasteiger partial charge in [-0.15, -0.1) is 0 Å². The molecule has 0 spiro atoms. The number of halogens is 8. The lowest BCUT2D eigenvalue weighted by atomic mass is 9.79. The second kappa shape index (κ2) is 12.7. The van der Waals surface area contributed by atoms with E-state index in [1.54, 1.807) is 24.3 Å². The van der Waals surface area contributed by atoms with E-state index in [0.717, 1.165) is 5.56 Å². The van der Waals surface area contributed by atoms with Crippen molar-refractivity contribution in [2.75, 3.05) is 18.6 Å². The fourth-order valence-corrected chi connectivity index (χ4v) is 3.94. The predicted octanol–water partition coefficient (Wildman–Crippen LogP) is 5.84. The normalized spacial score (nSPS) is 12.4. The molecule has 0 aliphatic heterocycles. The van der Waals surface area contributed by atoms with Crippen molar-refractivity contribution in [3.63, 3.8) is 0 Å². The Balaban J connectivity index is 0.000000293. The molecule has 0 N–H and O–H groups in total. The van der Waals surface area contributed by atoms with Crippen LogP contribution in [0.3, 0.4) is 0 Å². The van der Waals surface area contributed by atoms with Crippen molar-refractivity contribution in [2.45, 2.75) is 6.92 Å². The Labute approximate surface area is 214 Å². The van der Waals surface area contributed by atoms with Crippen molar-refractivity contribution < 1.29 is 48.6 Å². The lowest BCUT2D eigenvalue weighted by molar-refractivity contribution is 0.102. The second-order valence-corrected chi connectivity index (χ2v) is 10.2. The highest BCUT2D eigenvalue weighted by molar-refractivity contribution is 8.07. The van der Waals surface area contributed by atoms with Gasteiger partial charge in [-0.25, -0.2) is 22.0 Å². The first-order valence-corrected chi connectivity index (χ1v) is 12.8. The van der Waals surface area contributed by atoms with Gasteiger partial charge in [0.05, 0.1) is 6.61 Å². The maximum atomic E-state index is 12.5. The summed E-state index contributed by atoms with van der Waals surface area (Å²) in [5, 5.41) is 2.74. The summed E-state index contributed by atoms with van der Waals surface area (Å²) in [6, 6.07) is 16.2. The molecule has 3 rings (SSSR count). The molecule has 0 fully saturated rings. The summed E-state index contributed by atoms with van der Waals surface area (Å²) in [5.74, 6) is -10.2. The summed E-state index contributed by atoms with van der Waals surface area (Å²) >= 11 is 0. The van der Waals surface area contributed by atoms with Crippen LogP contribution in [0.25, 0.3) is 0 Å². The molecule has 0 aliphatic rings. The summed E-state index contributed by atoms with van der Waals surface area (Å²) < 4.78 is 115. The van der Waals surface area contributed by atoms with Gasteiger partial charge in [0.1, 0.15) is 23.6 Å². The molecule has 1 atom stereocenters. The van der Waals surface area contributed by atoms with Crippen molar-refractivity contribution >= 4 is 28.2 Å². The Bertz CT molecular complexity index is 1370. The quantitative estimate of drug-likeness (QED) is 0.0722. The third-order valence-corrected chi connectivity index (χ3v) is 6.00. The molecule has 38 heavy (non-hydrogen) atoms. The number of carbonyl (C=O) groups excluding carboxylic acids is 1. The van der Waals surface area contributed by atoms with E-state index in [2.05, 4.69) is 11.2 Å². The first kappa shape index (κ1) is 30.6. The minimum Gasteiger partial charge on any atom is -0.494 e. The van der Waals surface area contributed by atoms with Crippen molar-refractivity contribution in [1.29, 1.82) is 0 Å². The van der Waals surface area contributed by atoms with E-state index >= 15 is 0 Å². The molecule has 1 unspecified atom stereocenters. The van der Waals surface area contributed by atoms with E-state index in [4.69, 9.17) is 4.74 Å². The van der Waals surface area contributed by atoms with Crippen LogP contribution in [0.5, 0.6) is 5.75 Å². The number of Topliss-reactive ketones (excluding diaryl/α,β-unsaturated/α-hetero) is 1. The van der Waals surface area contributed by atoms with Crippen molar-refractivity contribution in [1.82, 2.24) is 0 Å². The van der Waals surface area contributed by atoms with E-state index < -0.39 is 51.5 Å². The average Bonchev–Trinajstić information content (AvgIpc) is 2.86. The molecule has 0 heterocycles. The van der Waals surface area contributed by atoms with Crippen LogP contribution in [0.15, 0.2) is 54.6 Å². The molecule has 3 aromatic carbocycles. The van der Waals surface area contributed by atoms with Crippen molar-refractivity contribution in [3.8, 4) is 16.9 Å². The molecule has 13 heteroatoms. The van der Waals surface area contributed by atoms with Crippen LogP contribution >= 0.6 is 0 Å². The zero-order chi connectivity index (χ0) is 28.7. The fraction of sp³-hybridized carbons (Fsp3) is 0.160. The molecule has 0 saturated carbocycles. The van der Waals surface area contributed by atoms with Gasteiger partial charge >= 0.3 is 6.98 Å². The van der Waals surface area contributed by atoms with E-state index in [-0.39, 0.29) is 11.5 Å². The van der Waals surface area contributed by atoms with Crippen LogP contribution in [-0.2, 0) is 14.1 Å². The minimum absolute atomic E-state index is 0.0825. The Morgan fingerprint density at radius 3 is 1.82 bits per heavy atom. The molecular weight excluding hydrogens is 543 g/mol. The maximum Gasteiger partial charge on any atom is 0.515 e. The number of benzene rings is 3. The first-order chi connectivity index (χ1) is 17.7. The van der Waals surface area contributed by atoms with Gasteiger partial charge in [0.2, 0.25) is 5.78 Å². The van der Waals surface area contributed by atoms with Crippen molar-refractivity contribution in [3.05, 3.63) is 94.8 Å². The summed E-state index contributed by atoms with van der Waals surface area (Å²) in [6.45, 7) is -3.83. The SMILES string of the molecule is CCOc1ccc(C(=O)C[S+](C)(=O)C#Cc2ccccc2)cc1.Fc1c(F)c(F)c([B-](F)(F)F)c(F)c1F. The number of ketones is 1. The zero-order valence-electron chi connectivity index (χ0n) is 19.8. The van der Waals surface area contributed by atoms with E-state index in [9.17, 15) is 43.9 Å². The van der Waals surface area contributed by atoms with Crippen LogP contribution in [0.2, 0.25) is 0 Å². The lowest BCUT2D eigenvalue weighted by Crippen LogP contribution is -2.41. The standard InChI is InChI=1S/C19H19O3S.C6BF8/c1-3-22-18-11-9-17(10-12-18)19(20)15-23(2,21)14-13-16-7-5-4-6-8-16;8-2-1(7(13,14)15)3(9)5(11)6(12)4(2)10/h4-12H,3,15H2,1-2H3;/q+1;-1. The Kier molecular flexibility index (Phi) is 10.2. The van der Waals surface area contributed by atoms with E-state index in [1.165, 1.54) is 6.26 Å². The van der Waals surface area contributed by atoms with Crippen LogP contribution in [0.1, 0.15) is 22.8 Å². The van der Waals surface area contributed by atoms with Gasteiger partial charge < -0.3 is 17.7 Å². The van der Waals surface area contributed by atoms with Gasteiger partial charge in [0.25, 0.3) is 0 Å². The number of rotatable bonds is 6. The molecular formula is C25H19BF8O3S. The fourth-order valence-electron chi connectivity index (χ4n) is 2.87. The molecule has 0 bridgehead atoms. The van der Waals surface area contributed by atoms with Crippen LogP contribution in [0, 0.1) is 40.3 Å². The molecule has 3 nitrogen and oxygen atoms in total. The molecule has 0 aromatic heterocycles. The Morgan fingerprint density at radius 2 is 1.34 bits per heavy atom. The van der Waals surface area contributed by atoms with Crippen LogP contribution in [-0.4, -0.2) is 31.4 Å². The molecule has 3 aromatic rings. The monoisotopic (exact) mass is 562 g/mol. The highest BCUT2D eigenvalue weighted by atomic mass is 32.2. The van der Waals surface area contributed by atoms with E-state index in [1.807, 2.05) is 37.3 Å². The van der Waals surface area contributed by atoms with Gasteiger partial charge in [-0.3, -0.25) is 4.79 Å². The molecule has 0 radical (unpaired) electrons. The summed E-state index contributed by atoms with van der Waals surface area (Å²) in [4.78, 5) is 12.3. The van der Waals surface area contributed by atoms with Gasteiger partial charge in [-0.1, -0.05) is 22.4 Å². The summed E-state index contributed by atoms with van der Waals surface area (Å²) in [5.41, 5.74) is -1.42. The largest absolute Gasteiger partial charge is 0.515 e. The molecule has 0 amide bonds. The van der Waals surface area contributed by atoms with Gasteiger partial charge in [-0.2, -0.15) is 0 Å². The minimum atomic E-state index is -6.30. The Hall–Kier alpha value is -3.66.